The first-order valence-electron chi connectivity index (χ1n) is 8.40. The largest absolute Gasteiger partial charge is 0.352 e. The number of para-hydroxylation sites is 1. The van der Waals surface area contributed by atoms with Gasteiger partial charge in [-0.1, -0.05) is 18.2 Å². The molecule has 3 rings (SSSR count). The predicted octanol–water partition coefficient (Wildman–Crippen LogP) is 2.95. The molecule has 0 bridgehead atoms. The lowest BCUT2D eigenvalue weighted by molar-refractivity contribution is -0.121. The molecule has 6 heteroatoms. The monoisotopic (exact) mass is 337 g/mol. The lowest BCUT2D eigenvalue weighted by Crippen LogP contribution is -2.25. The lowest BCUT2D eigenvalue weighted by atomic mass is 10.2. The summed E-state index contributed by atoms with van der Waals surface area (Å²) in [5.41, 5.74) is 3.18. The van der Waals surface area contributed by atoms with E-state index in [0.717, 1.165) is 22.6 Å². The molecular formula is C19H23N5O. The van der Waals surface area contributed by atoms with Gasteiger partial charge in [0.05, 0.1) is 11.9 Å². The van der Waals surface area contributed by atoms with Gasteiger partial charge in [-0.15, -0.1) is 0 Å². The highest BCUT2D eigenvalue weighted by Crippen LogP contribution is 2.14. The maximum Gasteiger partial charge on any atom is 0.222 e. The highest BCUT2D eigenvalue weighted by atomic mass is 16.1. The first-order valence-corrected chi connectivity index (χ1v) is 8.40. The van der Waals surface area contributed by atoms with Gasteiger partial charge in [0.2, 0.25) is 5.91 Å². The Kier molecular flexibility index (Phi) is 4.97. The highest BCUT2D eigenvalue weighted by Gasteiger charge is 2.12. The zero-order chi connectivity index (χ0) is 17.8. The van der Waals surface area contributed by atoms with E-state index in [2.05, 4.69) is 28.4 Å². The normalized spacial score (nSPS) is 12.1. The average molecular weight is 337 g/mol. The molecule has 1 amide bonds. The molecule has 0 spiro atoms. The molecule has 0 saturated carbocycles. The van der Waals surface area contributed by atoms with E-state index < -0.39 is 0 Å². The number of hydrogen-bond acceptors (Lipinski definition) is 3. The number of carbonyl (C=O) groups excluding carboxylic acids is 1. The Morgan fingerprint density at radius 2 is 2.08 bits per heavy atom. The average Bonchev–Trinajstić information content (AvgIpc) is 3.22. The zero-order valence-corrected chi connectivity index (χ0v) is 14.8. The Bertz CT molecular complexity index is 864. The Morgan fingerprint density at radius 1 is 1.28 bits per heavy atom. The summed E-state index contributed by atoms with van der Waals surface area (Å²) < 4.78 is 3.85. The van der Waals surface area contributed by atoms with E-state index in [1.165, 1.54) is 0 Å². The van der Waals surface area contributed by atoms with Crippen LogP contribution in [0.5, 0.6) is 0 Å². The second-order valence-corrected chi connectivity index (χ2v) is 6.29. The van der Waals surface area contributed by atoms with Gasteiger partial charge >= 0.3 is 0 Å². The summed E-state index contributed by atoms with van der Waals surface area (Å²) in [5, 5.41) is 7.36. The van der Waals surface area contributed by atoms with Gasteiger partial charge in [-0.25, -0.2) is 9.67 Å². The van der Waals surface area contributed by atoms with Crippen molar-refractivity contribution in [1.82, 2.24) is 24.6 Å². The van der Waals surface area contributed by atoms with E-state index in [-0.39, 0.29) is 11.9 Å². The molecular weight excluding hydrogens is 314 g/mol. The van der Waals surface area contributed by atoms with Crippen molar-refractivity contribution in [2.75, 3.05) is 0 Å². The summed E-state index contributed by atoms with van der Waals surface area (Å²) in [6.45, 7) is 6.48. The summed E-state index contributed by atoms with van der Waals surface area (Å²) >= 11 is 0. The second-order valence-electron chi connectivity index (χ2n) is 6.29. The van der Waals surface area contributed by atoms with E-state index in [1.54, 1.807) is 12.4 Å². The lowest BCUT2D eigenvalue weighted by Gasteiger charge is -2.14. The second kappa shape index (κ2) is 7.34. The molecule has 1 N–H and O–H groups in total. The van der Waals surface area contributed by atoms with E-state index in [9.17, 15) is 4.79 Å². The number of rotatable bonds is 6. The van der Waals surface area contributed by atoms with Crippen LogP contribution in [0.2, 0.25) is 0 Å². The van der Waals surface area contributed by atoms with Gasteiger partial charge in [0, 0.05) is 43.2 Å². The molecule has 0 saturated heterocycles. The van der Waals surface area contributed by atoms with Crippen molar-refractivity contribution in [2.45, 2.75) is 39.8 Å². The minimum atomic E-state index is 0.0178. The van der Waals surface area contributed by atoms with Crippen molar-refractivity contribution >= 4 is 5.91 Å². The van der Waals surface area contributed by atoms with Crippen LogP contribution >= 0.6 is 0 Å². The Labute approximate surface area is 147 Å². The molecule has 1 atom stereocenters. The number of aromatic nitrogens is 4. The maximum absolute atomic E-state index is 12.2. The van der Waals surface area contributed by atoms with Crippen LogP contribution in [0.25, 0.3) is 5.69 Å². The van der Waals surface area contributed by atoms with Gasteiger partial charge < -0.3 is 9.88 Å². The van der Waals surface area contributed by atoms with E-state index in [4.69, 9.17) is 0 Å². The minimum Gasteiger partial charge on any atom is -0.352 e. The first-order chi connectivity index (χ1) is 12.0. The van der Waals surface area contributed by atoms with Gasteiger partial charge in [0.15, 0.2) is 0 Å². The van der Waals surface area contributed by atoms with Crippen LogP contribution in [0, 0.1) is 13.8 Å². The summed E-state index contributed by atoms with van der Waals surface area (Å²) in [5.74, 6) is 0.934. The van der Waals surface area contributed by atoms with Gasteiger partial charge in [-0.05, 0) is 32.4 Å². The molecule has 2 heterocycles. The standard InChI is InChI=1S/C19H23N5O/c1-14-6-4-5-7-18(14)24-13-17(12-22-24)11-21-19(25)10-15(2)23-9-8-20-16(23)3/h4-9,12-13,15H,10-11H2,1-3H3,(H,21,25)/t15-/m0/s1. The van der Waals surface area contributed by atoms with Crippen molar-refractivity contribution in [2.24, 2.45) is 0 Å². The molecule has 6 nitrogen and oxygen atoms in total. The topological polar surface area (TPSA) is 64.7 Å². The predicted molar refractivity (Wildman–Crippen MR) is 96.4 cm³/mol. The number of benzene rings is 1. The van der Waals surface area contributed by atoms with Crippen molar-refractivity contribution < 1.29 is 4.79 Å². The highest BCUT2D eigenvalue weighted by molar-refractivity contribution is 5.76. The molecule has 1 aromatic carbocycles. The Morgan fingerprint density at radius 3 is 2.80 bits per heavy atom. The SMILES string of the molecule is Cc1ccccc1-n1cc(CNC(=O)C[C@H](C)n2ccnc2C)cn1. The fraction of sp³-hybridized carbons (Fsp3) is 0.316. The van der Waals surface area contributed by atoms with Gasteiger partial charge in [0.1, 0.15) is 5.82 Å². The van der Waals surface area contributed by atoms with Gasteiger partial charge in [0.25, 0.3) is 0 Å². The van der Waals surface area contributed by atoms with Crippen molar-refractivity contribution in [1.29, 1.82) is 0 Å². The Hall–Kier alpha value is -2.89. The smallest absolute Gasteiger partial charge is 0.222 e. The van der Waals surface area contributed by atoms with Crippen LogP contribution < -0.4 is 5.32 Å². The third-order valence-electron chi connectivity index (χ3n) is 4.31. The number of aryl methyl sites for hydroxylation is 2. The number of nitrogens with one attached hydrogen (secondary N) is 1. The zero-order valence-electron chi connectivity index (χ0n) is 14.8. The number of nitrogens with zero attached hydrogens (tertiary/aromatic N) is 4. The molecule has 130 valence electrons. The number of amides is 1. The summed E-state index contributed by atoms with van der Waals surface area (Å²) in [6, 6.07) is 8.16. The first kappa shape index (κ1) is 17.0. The van der Waals surface area contributed by atoms with Crippen LogP contribution in [0.3, 0.4) is 0 Å². The summed E-state index contributed by atoms with van der Waals surface area (Å²) in [6.07, 6.45) is 7.81. The molecule has 0 radical (unpaired) electrons. The number of imidazole rings is 1. The van der Waals surface area contributed by atoms with Gasteiger partial charge in [-0.2, -0.15) is 5.10 Å². The minimum absolute atomic E-state index is 0.0178. The van der Waals surface area contributed by atoms with Crippen LogP contribution in [0.1, 0.15) is 36.3 Å². The van der Waals surface area contributed by atoms with Crippen molar-refractivity contribution in [3.05, 3.63) is 66.0 Å². The maximum atomic E-state index is 12.2. The third kappa shape index (κ3) is 3.96. The molecule has 3 aromatic rings. The molecule has 0 fully saturated rings. The summed E-state index contributed by atoms with van der Waals surface area (Å²) in [4.78, 5) is 16.4. The van der Waals surface area contributed by atoms with Crippen molar-refractivity contribution in [3.8, 4) is 5.69 Å². The number of carbonyl (C=O) groups is 1. The molecule has 0 unspecified atom stereocenters. The summed E-state index contributed by atoms with van der Waals surface area (Å²) in [7, 11) is 0. The fourth-order valence-corrected chi connectivity index (χ4v) is 2.90. The molecule has 0 aliphatic heterocycles. The third-order valence-corrected chi connectivity index (χ3v) is 4.31. The van der Waals surface area contributed by atoms with E-state index in [0.29, 0.717) is 13.0 Å². The fourth-order valence-electron chi connectivity index (χ4n) is 2.90. The molecule has 0 aliphatic rings. The van der Waals surface area contributed by atoms with Crippen LogP contribution in [0.15, 0.2) is 49.1 Å². The number of hydrogen-bond donors (Lipinski definition) is 1. The van der Waals surface area contributed by atoms with Crippen LogP contribution in [-0.4, -0.2) is 25.2 Å². The van der Waals surface area contributed by atoms with Crippen molar-refractivity contribution in [3.63, 3.8) is 0 Å². The van der Waals surface area contributed by atoms with E-state index in [1.807, 2.05) is 53.7 Å². The van der Waals surface area contributed by atoms with Crippen LogP contribution in [-0.2, 0) is 11.3 Å². The molecule has 0 aliphatic carbocycles. The van der Waals surface area contributed by atoms with Crippen LogP contribution in [0.4, 0.5) is 0 Å². The molecule has 2 aromatic heterocycles. The van der Waals surface area contributed by atoms with E-state index >= 15 is 0 Å². The van der Waals surface area contributed by atoms with Gasteiger partial charge in [-0.3, -0.25) is 4.79 Å². The molecule has 25 heavy (non-hydrogen) atoms. The quantitative estimate of drug-likeness (QED) is 0.752. The Balaban J connectivity index is 1.56.